The normalized spacial score (nSPS) is 19.2. The van der Waals surface area contributed by atoms with Crippen LogP contribution in [0.15, 0.2) is 36.4 Å². The van der Waals surface area contributed by atoms with Crippen molar-refractivity contribution < 1.29 is 8.42 Å². The Bertz CT molecular complexity index is 809. The van der Waals surface area contributed by atoms with Gasteiger partial charge in [0.25, 0.3) is 0 Å². The summed E-state index contributed by atoms with van der Waals surface area (Å²) in [5, 5.41) is 3.24. The van der Waals surface area contributed by atoms with Gasteiger partial charge in [-0.05, 0) is 18.9 Å². The Morgan fingerprint density at radius 2 is 2.00 bits per heavy atom. The Balaban J connectivity index is 1.74. The molecular formula is C17H22N4O2S. The summed E-state index contributed by atoms with van der Waals surface area (Å²) in [5.74, 6) is 1.72. The molecule has 1 fully saturated rings. The Morgan fingerprint density at radius 1 is 1.25 bits per heavy atom. The fourth-order valence-electron chi connectivity index (χ4n) is 2.84. The number of nitrogens with one attached hydrogen (secondary N) is 1. The van der Waals surface area contributed by atoms with E-state index in [0.29, 0.717) is 24.7 Å². The molecular weight excluding hydrogens is 324 g/mol. The van der Waals surface area contributed by atoms with E-state index >= 15 is 0 Å². The molecule has 0 radical (unpaired) electrons. The quantitative estimate of drug-likeness (QED) is 0.893. The molecule has 2 heterocycles. The highest BCUT2D eigenvalue weighted by Crippen LogP contribution is 2.19. The van der Waals surface area contributed by atoms with E-state index < -0.39 is 9.84 Å². The zero-order valence-electron chi connectivity index (χ0n) is 13.9. The lowest BCUT2D eigenvalue weighted by molar-refractivity contribution is 0.602. The third-order valence-corrected chi connectivity index (χ3v) is 5.80. The molecule has 1 unspecified atom stereocenters. The highest BCUT2D eigenvalue weighted by Gasteiger charge is 2.28. The van der Waals surface area contributed by atoms with Crippen molar-refractivity contribution in [1.82, 2.24) is 9.97 Å². The Morgan fingerprint density at radius 3 is 2.67 bits per heavy atom. The van der Waals surface area contributed by atoms with Crippen LogP contribution in [0, 0.1) is 6.92 Å². The molecule has 1 N–H and O–H groups in total. The van der Waals surface area contributed by atoms with Crippen molar-refractivity contribution in [3.63, 3.8) is 0 Å². The fourth-order valence-corrected chi connectivity index (χ4v) is 4.52. The van der Waals surface area contributed by atoms with Crippen LogP contribution in [-0.2, 0) is 16.4 Å². The van der Waals surface area contributed by atoms with Crippen molar-refractivity contribution >= 4 is 21.6 Å². The van der Waals surface area contributed by atoms with E-state index in [1.807, 2.05) is 43.1 Å². The molecule has 7 heteroatoms. The van der Waals surface area contributed by atoms with Crippen LogP contribution in [-0.4, -0.2) is 43.0 Å². The number of hydrogen-bond donors (Lipinski definition) is 1. The number of anilines is 2. The molecule has 0 spiro atoms. The van der Waals surface area contributed by atoms with E-state index in [1.54, 1.807) is 0 Å². The first kappa shape index (κ1) is 16.7. The number of benzene rings is 1. The van der Waals surface area contributed by atoms with Gasteiger partial charge in [0.2, 0.25) is 5.95 Å². The van der Waals surface area contributed by atoms with E-state index in [9.17, 15) is 8.42 Å². The van der Waals surface area contributed by atoms with Gasteiger partial charge in [-0.25, -0.2) is 13.4 Å². The molecule has 24 heavy (non-hydrogen) atoms. The molecule has 6 nitrogen and oxygen atoms in total. The predicted molar refractivity (Wildman–Crippen MR) is 96.0 cm³/mol. The molecule has 2 aromatic rings. The van der Waals surface area contributed by atoms with Gasteiger partial charge >= 0.3 is 0 Å². The molecule has 0 aliphatic carbocycles. The molecule has 1 aliphatic rings. The number of aromatic nitrogens is 2. The zero-order chi connectivity index (χ0) is 17.2. The van der Waals surface area contributed by atoms with Crippen LogP contribution in [0.3, 0.4) is 0 Å². The summed E-state index contributed by atoms with van der Waals surface area (Å²) in [5.41, 5.74) is 2.03. The van der Waals surface area contributed by atoms with Crippen LogP contribution in [0.5, 0.6) is 0 Å². The average molecular weight is 346 g/mol. The first-order chi connectivity index (χ1) is 11.4. The largest absolute Gasteiger partial charge is 0.366 e. The van der Waals surface area contributed by atoms with Crippen LogP contribution in [0.1, 0.15) is 17.7 Å². The van der Waals surface area contributed by atoms with Crippen molar-refractivity contribution in [3.8, 4) is 0 Å². The lowest BCUT2D eigenvalue weighted by Crippen LogP contribution is -2.23. The second-order valence-electron chi connectivity index (χ2n) is 6.28. The molecule has 0 amide bonds. The van der Waals surface area contributed by atoms with Gasteiger partial charge in [0.05, 0.1) is 11.5 Å². The maximum absolute atomic E-state index is 11.6. The molecule has 3 rings (SSSR count). The van der Waals surface area contributed by atoms with Crippen molar-refractivity contribution in [2.75, 3.05) is 28.8 Å². The second kappa shape index (κ2) is 6.76. The summed E-state index contributed by atoms with van der Waals surface area (Å²) in [6.07, 6.45) is 0.626. The van der Waals surface area contributed by atoms with Gasteiger partial charge in [-0.15, -0.1) is 0 Å². The topological polar surface area (TPSA) is 75.2 Å². The van der Waals surface area contributed by atoms with Crippen molar-refractivity contribution in [2.24, 2.45) is 0 Å². The molecule has 0 saturated carbocycles. The third-order valence-electron chi connectivity index (χ3n) is 4.03. The fraction of sp³-hybridized carbons (Fsp3) is 0.412. The highest BCUT2D eigenvalue weighted by molar-refractivity contribution is 7.91. The number of hydrogen-bond acceptors (Lipinski definition) is 6. The minimum Gasteiger partial charge on any atom is -0.366 e. The first-order valence-electron chi connectivity index (χ1n) is 7.99. The van der Waals surface area contributed by atoms with Gasteiger partial charge in [0.1, 0.15) is 5.82 Å². The lowest BCUT2D eigenvalue weighted by atomic mass is 10.2. The minimum atomic E-state index is -2.91. The van der Waals surface area contributed by atoms with E-state index in [4.69, 9.17) is 0 Å². The van der Waals surface area contributed by atoms with Crippen LogP contribution >= 0.6 is 0 Å². The summed E-state index contributed by atoms with van der Waals surface area (Å²) in [6, 6.07) is 11.9. The van der Waals surface area contributed by atoms with Gasteiger partial charge in [-0.1, -0.05) is 30.3 Å². The van der Waals surface area contributed by atoms with Gasteiger partial charge in [-0.3, -0.25) is 0 Å². The molecule has 0 bridgehead atoms. The summed E-state index contributed by atoms with van der Waals surface area (Å²) >= 11 is 0. The Hall–Kier alpha value is -2.15. The maximum atomic E-state index is 11.6. The maximum Gasteiger partial charge on any atom is 0.227 e. The van der Waals surface area contributed by atoms with Crippen molar-refractivity contribution in [1.29, 1.82) is 0 Å². The lowest BCUT2D eigenvalue weighted by Gasteiger charge is -2.19. The van der Waals surface area contributed by atoms with Gasteiger partial charge < -0.3 is 10.2 Å². The van der Waals surface area contributed by atoms with E-state index in [0.717, 1.165) is 5.69 Å². The van der Waals surface area contributed by atoms with Crippen LogP contribution in [0.4, 0.5) is 11.8 Å². The van der Waals surface area contributed by atoms with Crippen LogP contribution in [0.25, 0.3) is 0 Å². The SMILES string of the molecule is Cc1cc(NC2CCS(=O)(=O)C2)nc(N(C)Cc2ccccc2)n1. The summed E-state index contributed by atoms with van der Waals surface area (Å²) in [6.45, 7) is 2.62. The summed E-state index contributed by atoms with van der Waals surface area (Å²) < 4.78 is 23.2. The minimum absolute atomic E-state index is 0.0726. The average Bonchev–Trinajstić information content (AvgIpc) is 2.86. The molecule has 1 aromatic carbocycles. The van der Waals surface area contributed by atoms with Gasteiger partial charge in [0.15, 0.2) is 9.84 Å². The summed E-state index contributed by atoms with van der Waals surface area (Å²) in [7, 11) is -0.959. The second-order valence-corrected chi connectivity index (χ2v) is 8.51. The van der Waals surface area contributed by atoms with Gasteiger partial charge in [-0.2, -0.15) is 4.98 Å². The van der Waals surface area contributed by atoms with Crippen molar-refractivity contribution in [3.05, 3.63) is 47.7 Å². The number of sulfone groups is 1. The van der Waals surface area contributed by atoms with E-state index in [2.05, 4.69) is 27.4 Å². The molecule has 1 atom stereocenters. The Labute approximate surface area is 142 Å². The Kier molecular flexibility index (Phi) is 4.71. The zero-order valence-corrected chi connectivity index (χ0v) is 14.8. The first-order valence-corrected chi connectivity index (χ1v) is 9.81. The van der Waals surface area contributed by atoms with Crippen molar-refractivity contribution in [2.45, 2.75) is 25.9 Å². The number of aryl methyl sites for hydroxylation is 1. The smallest absolute Gasteiger partial charge is 0.227 e. The van der Waals surface area contributed by atoms with Crippen LogP contribution in [0.2, 0.25) is 0 Å². The standard InChI is InChI=1S/C17H22N4O2S/c1-13-10-16(19-15-8-9-24(22,23)12-15)20-17(18-13)21(2)11-14-6-4-3-5-7-14/h3-7,10,15H,8-9,11-12H2,1-2H3,(H,18,19,20). The molecule has 128 valence electrons. The predicted octanol–water partition coefficient (Wildman–Crippen LogP) is 2.02. The third kappa shape index (κ3) is 4.23. The number of rotatable bonds is 5. The molecule has 1 aliphatic heterocycles. The highest BCUT2D eigenvalue weighted by atomic mass is 32.2. The molecule has 1 aromatic heterocycles. The number of nitrogens with zero attached hydrogens (tertiary/aromatic N) is 3. The van der Waals surface area contributed by atoms with E-state index in [-0.39, 0.29) is 17.5 Å². The van der Waals surface area contributed by atoms with Crippen LogP contribution < -0.4 is 10.2 Å². The van der Waals surface area contributed by atoms with Gasteiger partial charge in [0, 0.05) is 31.4 Å². The van der Waals surface area contributed by atoms with E-state index in [1.165, 1.54) is 5.56 Å². The summed E-state index contributed by atoms with van der Waals surface area (Å²) in [4.78, 5) is 11.0. The molecule has 1 saturated heterocycles. The monoisotopic (exact) mass is 346 g/mol.